The highest BCUT2D eigenvalue weighted by Gasteiger charge is 2.20. The normalized spacial score (nSPS) is 18.8. The Morgan fingerprint density at radius 1 is 1.53 bits per heavy atom. The third-order valence-electron chi connectivity index (χ3n) is 2.39. The average Bonchev–Trinajstić information content (AvgIpc) is 2.57. The van der Waals surface area contributed by atoms with Crippen molar-refractivity contribution < 1.29 is 9.47 Å². The Morgan fingerprint density at radius 2 is 2.33 bits per heavy atom. The standard InChI is InChI=1S/C12H17NO2/c1-8(2)6-14-9-3-4-10-11(13)7-15-12(10)5-9/h3-5,8,11H,6-7,13H2,1-2H3. The van der Waals surface area contributed by atoms with Gasteiger partial charge in [-0.3, -0.25) is 0 Å². The fraction of sp³-hybridized carbons (Fsp3) is 0.500. The molecule has 0 saturated carbocycles. The first-order valence-corrected chi connectivity index (χ1v) is 5.32. The Kier molecular flexibility index (Phi) is 2.82. The van der Waals surface area contributed by atoms with Gasteiger partial charge in [0.15, 0.2) is 0 Å². The topological polar surface area (TPSA) is 44.5 Å². The summed E-state index contributed by atoms with van der Waals surface area (Å²) < 4.78 is 11.1. The second-order valence-electron chi connectivity index (χ2n) is 4.32. The number of nitrogens with two attached hydrogens (primary N) is 1. The van der Waals surface area contributed by atoms with Crippen molar-refractivity contribution in [3.05, 3.63) is 23.8 Å². The molecule has 1 atom stereocenters. The predicted molar refractivity (Wildman–Crippen MR) is 59.2 cm³/mol. The molecule has 1 aromatic rings. The van der Waals surface area contributed by atoms with Crippen LogP contribution in [0.3, 0.4) is 0 Å². The van der Waals surface area contributed by atoms with Crippen molar-refractivity contribution in [2.24, 2.45) is 11.7 Å². The summed E-state index contributed by atoms with van der Waals surface area (Å²) in [5.41, 5.74) is 6.93. The molecule has 3 heteroatoms. The fourth-order valence-corrected chi connectivity index (χ4v) is 1.57. The molecule has 0 radical (unpaired) electrons. The van der Waals surface area contributed by atoms with Crippen LogP contribution in [0.4, 0.5) is 0 Å². The number of fused-ring (bicyclic) bond motifs is 1. The van der Waals surface area contributed by atoms with Gasteiger partial charge in [-0.2, -0.15) is 0 Å². The minimum absolute atomic E-state index is 0.0131. The Bertz CT molecular complexity index is 349. The maximum absolute atomic E-state index is 5.85. The van der Waals surface area contributed by atoms with Gasteiger partial charge in [-0.05, 0) is 18.1 Å². The molecule has 0 bridgehead atoms. The minimum Gasteiger partial charge on any atom is -0.493 e. The van der Waals surface area contributed by atoms with Crippen LogP contribution in [-0.2, 0) is 0 Å². The largest absolute Gasteiger partial charge is 0.493 e. The molecule has 1 heterocycles. The van der Waals surface area contributed by atoms with E-state index in [1.54, 1.807) is 0 Å². The van der Waals surface area contributed by atoms with Crippen LogP contribution >= 0.6 is 0 Å². The molecule has 2 rings (SSSR count). The maximum atomic E-state index is 5.85. The number of hydrogen-bond acceptors (Lipinski definition) is 3. The smallest absolute Gasteiger partial charge is 0.127 e. The molecule has 0 fully saturated rings. The molecule has 0 spiro atoms. The molecule has 2 N–H and O–H groups in total. The summed E-state index contributed by atoms with van der Waals surface area (Å²) in [5.74, 6) is 2.25. The van der Waals surface area contributed by atoms with Gasteiger partial charge in [-0.1, -0.05) is 13.8 Å². The number of rotatable bonds is 3. The van der Waals surface area contributed by atoms with Gasteiger partial charge in [0.2, 0.25) is 0 Å². The lowest BCUT2D eigenvalue weighted by Gasteiger charge is -2.09. The van der Waals surface area contributed by atoms with Crippen LogP contribution in [-0.4, -0.2) is 13.2 Å². The first kappa shape index (κ1) is 10.3. The minimum atomic E-state index is 0.0131. The van der Waals surface area contributed by atoms with Crippen molar-refractivity contribution in [3.63, 3.8) is 0 Å². The fourth-order valence-electron chi connectivity index (χ4n) is 1.57. The van der Waals surface area contributed by atoms with Crippen LogP contribution < -0.4 is 15.2 Å². The van der Waals surface area contributed by atoms with Crippen LogP contribution in [0.2, 0.25) is 0 Å². The van der Waals surface area contributed by atoms with Crippen molar-refractivity contribution in [2.45, 2.75) is 19.9 Å². The molecule has 0 saturated heterocycles. The lowest BCUT2D eigenvalue weighted by atomic mass is 10.1. The second kappa shape index (κ2) is 4.11. The Morgan fingerprint density at radius 3 is 3.07 bits per heavy atom. The van der Waals surface area contributed by atoms with E-state index in [-0.39, 0.29) is 6.04 Å². The van der Waals surface area contributed by atoms with Crippen molar-refractivity contribution >= 4 is 0 Å². The summed E-state index contributed by atoms with van der Waals surface area (Å²) >= 11 is 0. The quantitative estimate of drug-likeness (QED) is 0.825. The zero-order valence-corrected chi connectivity index (χ0v) is 9.19. The van der Waals surface area contributed by atoms with Gasteiger partial charge in [0.05, 0.1) is 12.6 Å². The van der Waals surface area contributed by atoms with Crippen molar-refractivity contribution in [2.75, 3.05) is 13.2 Å². The van der Waals surface area contributed by atoms with E-state index in [1.807, 2.05) is 18.2 Å². The van der Waals surface area contributed by atoms with Gasteiger partial charge in [-0.25, -0.2) is 0 Å². The highest BCUT2D eigenvalue weighted by molar-refractivity contribution is 5.44. The monoisotopic (exact) mass is 207 g/mol. The molecule has 0 aliphatic carbocycles. The number of benzene rings is 1. The molecule has 82 valence electrons. The molecule has 1 aliphatic rings. The lowest BCUT2D eigenvalue weighted by Crippen LogP contribution is -2.10. The molecule has 15 heavy (non-hydrogen) atoms. The van der Waals surface area contributed by atoms with E-state index in [4.69, 9.17) is 15.2 Å². The number of hydrogen-bond donors (Lipinski definition) is 1. The van der Waals surface area contributed by atoms with E-state index < -0.39 is 0 Å². The average molecular weight is 207 g/mol. The van der Waals surface area contributed by atoms with E-state index in [0.29, 0.717) is 12.5 Å². The van der Waals surface area contributed by atoms with Gasteiger partial charge in [0, 0.05) is 11.6 Å². The summed E-state index contributed by atoms with van der Waals surface area (Å²) in [4.78, 5) is 0. The molecule has 1 unspecified atom stereocenters. The van der Waals surface area contributed by atoms with Crippen molar-refractivity contribution in [3.8, 4) is 11.5 Å². The zero-order valence-electron chi connectivity index (χ0n) is 9.19. The van der Waals surface area contributed by atoms with Crippen molar-refractivity contribution in [1.82, 2.24) is 0 Å². The van der Waals surface area contributed by atoms with Gasteiger partial charge in [-0.15, -0.1) is 0 Å². The molecule has 3 nitrogen and oxygen atoms in total. The van der Waals surface area contributed by atoms with Crippen LogP contribution in [0.25, 0.3) is 0 Å². The third-order valence-corrected chi connectivity index (χ3v) is 2.39. The van der Waals surface area contributed by atoms with Crippen LogP contribution in [0, 0.1) is 5.92 Å². The second-order valence-corrected chi connectivity index (χ2v) is 4.32. The van der Waals surface area contributed by atoms with E-state index in [9.17, 15) is 0 Å². The first-order valence-electron chi connectivity index (χ1n) is 5.32. The third kappa shape index (κ3) is 2.23. The molecule has 1 aliphatic heterocycles. The molecule has 0 aromatic heterocycles. The Hall–Kier alpha value is -1.22. The summed E-state index contributed by atoms with van der Waals surface area (Å²) in [6.07, 6.45) is 0. The highest BCUT2D eigenvalue weighted by atomic mass is 16.5. The Balaban J connectivity index is 2.09. The van der Waals surface area contributed by atoms with Gasteiger partial charge in [0.1, 0.15) is 18.1 Å². The Labute approximate surface area is 90.2 Å². The van der Waals surface area contributed by atoms with Crippen LogP contribution in [0.1, 0.15) is 25.5 Å². The lowest BCUT2D eigenvalue weighted by molar-refractivity contribution is 0.269. The molecule has 1 aromatic carbocycles. The zero-order chi connectivity index (χ0) is 10.8. The number of ether oxygens (including phenoxy) is 2. The first-order chi connectivity index (χ1) is 7.16. The summed E-state index contributed by atoms with van der Waals surface area (Å²) in [6, 6.07) is 5.88. The summed E-state index contributed by atoms with van der Waals surface area (Å²) in [7, 11) is 0. The summed E-state index contributed by atoms with van der Waals surface area (Å²) in [6.45, 7) is 5.55. The van der Waals surface area contributed by atoms with Gasteiger partial charge < -0.3 is 15.2 Å². The maximum Gasteiger partial charge on any atom is 0.127 e. The van der Waals surface area contributed by atoms with E-state index >= 15 is 0 Å². The van der Waals surface area contributed by atoms with Crippen molar-refractivity contribution in [1.29, 1.82) is 0 Å². The highest BCUT2D eigenvalue weighted by Crippen LogP contribution is 2.33. The molecular weight excluding hydrogens is 190 g/mol. The van der Waals surface area contributed by atoms with Gasteiger partial charge in [0.25, 0.3) is 0 Å². The SMILES string of the molecule is CC(C)COc1ccc2c(c1)OCC2N. The molecular formula is C12H17NO2. The van der Waals surface area contributed by atoms with E-state index in [0.717, 1.165) is 23.7 Å². The van der Waals surface area contributed by atoms with E-state index in [2.05, 4.69) is 13.8 Å². The predicted octanol–water partition coefficient (Wildman–Crippen LogP) is 2.11. The van der Waals surface area contributed by atoms with E-state index in [1.165, 1.54) is 0 Å². The molecule has 0 amide bonds. The van der Waals surface area contributed by atoms with Gasteiger partial charge >= 0.3 is 0 Å². The van der Waals surface area contributed by atoms with Crippen LogP contribution in [0.5, 0.6) is 11.5 Å². The van der Waals surface area contributed by atoms with Crippen LogP contribution in [0.15, 0.2) is 18.2 Å². The summed E-state index contributed by atoms with van der Waals surface area (Å²) in [5, 5.41) is 0.